The highest BCUT2D eigenvalue weighted by molar-refractivity contribution is 5.90. The highest BCUT2D eigenvalue weighted by Gasteiger charge is 2.27. The van der Waals surface area contributed by atoms with E-state index in [1.807, 2.05) is 28.8 Å². The lowest BCUT2D eigenvalue weighted by atomic mass is 10.1. The number of nitrogens with one attached hydrogen (secondary N) is 2. The Kier molecular flexibility index (Phi) is 6.40. The lowest BCUT2D eigenvalue weighted by Crippen LogP contribution is -2.36. The molecule has 0 aliphatic heterocycles. The number of anilines is 1. The maximum Gasteiger partial charge on any atom is 0.405 e. The van der Waals surface area contributed by atoms with E-state index in [0.29, 0.717) is 11.3 Å². The summed E-state index contributed by atoms with van der Waals surface area (Å²) in [6, 6.07) is 9.64. The van der Waals surface area contributed by atoms with Crippen molar-refractivity contribution in [2.45, 2.75) is 6.18 Å². The van der Waals surface area contributed by atoms with Crippen LogP contribution in [0.4, 0.5) is 23.7 Å². The minimum Gasteiger partial charge on any atom is -0.329 e. The fourth-order valence-corrected chi connectivity index (χ4v) is 2.93. The lowest BCUT2D eigenvalue weighted by Gasteiger charge is -2.11. The molecule has 0 aliphatic carbocycles. The van der Waals surface area contributed by atoms with Gasteiger partial charge < -0.3 is 10.6 Å². The Labute approximate surface area is 180 Å². The number of hydrogen-bond donors (Lipinski definition) is 2. The minimum atomic E-state index is -4.47. The van der Waals surface area contributed by atoms with Crippen LogP contribution in [0.5, 0.6) is 0 Å². The van der Waals surface area contributed by atoms with E-state index in [2.05, 4.69) is 20.3 Å². The summed E-state index contributed by atoms with van der Waals surface area (Å²) in [7, 11) is 0. The first-order valence-corrected chi connectivity index (χ1v) is 8.83. The number of pyridine rings is 1. The first-order chi connectivity index (χ1) is 14.4. The second-order valence-corrected chi connectivity index (χ2v) is 6.42. The molecule has 7 nitrogen and oxygen atoms in total. The second-order valence-electron chi connectivity index (χ2n) is 6.42. The number of carbonyl (C=O) groups excluding carboxylic acids is 1. The molecule has 0 spiro atoms. The Hall–Kier alpha value is -3.66. The normalized spacial score (nSPS) is 11.1. The van der Waals surface area contributed by atoms with E-state index in [4.69, 9.17) is 0 Å². The third kappa shape index (κ3) is 5.28. The summed E-state index contributed by atoms with van der Waals surface area (Å²) in [5, 5.41) is 4.18. The molecular formula is C20H16ClF3N6O. The minimum absolute atomic E-state index is 0. The monoisotopic (exact) mass is 448 g/mol. The molecule has 1 aromatic carbocycles. The van der Waals surface area contributed by atoms with Crippen molar-refractivity contribution in [1.29, 1.82) is 0 Å². The highest BCUT2D eigenvalue weighted by atomic mass is 35.5. The molecule has 0 saturated carbocycles. The van der Waals surface area contributed by atoms with Gasteiger partial charge in [-0.05, 0) is 29.8 Å². The number of carbonyl (C=O) groups is 1. The van der Waals surface area contributed by atoms with Gasteiger partial charge in [0.15, 0.2) is 0 Å². The number of imidazole rings is 1. The average Bonchev–Trinajstić information content (AvgIpc) is 3.16. The fraction of sp³-hybridized carbons (Fsp3) is 0.100. The van der Waals surface area contributed by atoms with Gasteiger partial charge in [0.25, 0.3) is 0 Å². The quantitative estimate of drug-likeness (QED) is 0.479. The fourth-order valence-electron chi connectivity index (χ4n) is 2.93. The van der Waals surface area contributed by atoms with Gasteiger partial charge in [-0.25, -0.2) is 19.7 Å². The molecule has 11 heteroatoms. The van der Waals surface area contributed by atoms with Gasteiger partial charge in [-0.15, -0.1) is 12.4 Å². The summed E-state index contributed by atoms with van der Waals surface area (Å²) >= 11 is 0. The second kappa shape index (κ2) is 9.00. The number of nitrogens with zero attached hydrogens (tertiary/aromatic N) is 4. The zero-order valence-electron chi connectivity index (χ0n) is 15.8. The van der Waals surface area contributed by atoms with Crippen molar-refractivity contribution < 1.29 is 18.0 Å². The molecule has 31 heavy (non-hydrogen) atoms. The van der Waals surface area contributed by atoms with E-state index < -0.39 is 18.8 Å². The van der Waals surface area contributed by atoms with Crippen LogP contribution in [-0.4, -0.2) is 38.1 Å². The molecule has 3 heterocycles. The Morgan fingerprint density at radius 3 is 2.52 bits per heavy atom. The van der Waals surface area contributed by atoms with Crippen molar-refractivity contribution in [3.05, 3.63) is 67.5 Å². The number of urea groups is 1. The van der Waals surface area contributed by atoms with Crippen molar-refractivity contribution in [2.24, 2.45) is 0 Å². The van der Waals surface area contributed by atoms with Gasteiger partial charge in [0.2, 0.25) is 0 Å². The van der Waals surface area contributed by atoms with Crippen LogP contribution in [0.1, 0.15) is 0 Å². The van der Waals surface area contributed by atoms with Crippen LogP contribution < -0.4 is 10.6 Å². The predicted octanol–water partition coefficient (Wildman–Crippen LogP) is 4.56. The van der Waals surface area contributed by atoms with Crippen LogP contribution in [-0.2, 0) is 0 Å². The molecule has 2 N–H and O–H groups in total. The number of benzene rings is 1. The van der Waals surface area contributed by atoms with Gasteiger partial charge in [0, 0.05) is 35.4 Å². The standard InChI is InChI=1S/C20H15F3N6O.ClH/c21-20(22,23)11-27-19(30)28-16-3-1-2-14(6-16)17-10-26-18-7-13(4-5-29(17)18)15-8-24-12-25-9-15;/h1-10,12H,11H2,(H2,27,28,30);1H. The lowest BCUT2D eigenvalue weighted by molar-refractivity contribution is -0.122. The number of aromatic nitrogens is 4. The zero-order valence-corrected chi connectivity index (χ0v) is 16.6. The number of halogens is 4. The predicted molar refractivity (Wildman–Crippen MR) is 112 cm³/mol. The summed E-state index contributed by atoms with van der Waals surface area (Å²) in [5.74, 6) is 0. The van der Waals surface area contributed by atoms with Gasteiger partial charge in [0.05, 0.1) is 11.9 Å². The van der Waals surface area contributed by atoms with Gasteiger partial charge in [-0.2, -0.15) is 13.2 Å². The smallest absolute Gasteiger partial charge is 0.329 e. The number of rotatable bonds is 4. The van der Waals surface area contributed by atoms with Crippen molar-refractivity contribution in [2.75, 3.05) is 11.9 Å². The summed E-state index contributed by atoms with van der Waals surface area (Å²) in [4.78, 5) is 24.1. The maximum atomic E-state index is 12.2. The van der Waals surface area contributed by atoms with Crippen molar-refractivity contribution >= 4 is 29.8 Å². The van der Waals surface area contributed by atoms with Crippen LogP contribution >= 0.6 is 12.4 Å². The first-order valence-electron chi connectivity index (χ1n) is 8.83. The Balaban J connectivity index is 0.00000272. The summed E-state index contributed by atoms with van der Waals surface area (Å²) in [5.41, 5.74) is 4.34. The molecule has 0 unspecified atom stereocenters. The number of hydrogen-bond acceptors (Lipinski definition) is 4. The van der Waals surface area contributed by atoms with Crippen LogP contribution in [0.2, 0.25) is 0 Å². The van der Waals surface area contributed by atoms with Crippen LogP contribution in [0.15, 0.2) is 67.5 Å². The molecule has 2 amide bonds. The Morgan fingerprint density at radius 1 is 1.00 bits per heavy atom. The molecule has 0 saturated heterocycles. The largest absolute Gasteiger partial charge is 0.405 e. The zero-order chi connectivity index (χ0) is 21.1. The number of fused-ring (bicyclic) bond motifs is 1. The van der Waals surface area contributed by atoms with Gasteiger partial charge in [-0.3, -0.25) is 4.40 Å². The van der Waals surface area contributed by atoms with E-state index >= 15 is 0 Å². The van der Waals surface area contributed by atoms with E-state index in [1.54, 1.807) is 42.1 Å². The van der Waals surface area contributed by atoms with Crippen LogP contribution in [0, 0.1) is 0 Å². The van der Waals surface area contributed by atoms with Crippen molar-refractivity contribution in [1.82, 2.24) is 24.7 Å². The molecule has 3 aromatic heterocycles. The molecular weight excluding hydrogens is 433 g/mol. The molecule has 0 atom stereocenters. The van der Waals surface area contributed by atoms with Crippen molar-refractivity contribution in [3.63, 3.8) is 0 Å². The van der Waals surface area contributed by atoms with E-state index in [9.17, 15) is 18.0 Å². The van der Waals surface area contributed by atoms with Crippen molar-refractivity contribution in [3.8, 4) is 22.4 Å². The number of alkyl halides is 3. The molecule has 0 radical (unpaired) electrons. The molecule has 0 fully saturated rings. The summed E-state index contributed by atoms with van der Waals surface area (Å²) < 4.78 is 38.6. The maximum absolute atomic E-state index is 12.2. The van der Waals surface area contributed by atoms with Crippen LogP contribution in [0.25, 0.3) is 28.0 Å². The molecule has 0 aliphatic rings. The first kappa shape index (κ1) is 22.0. The molecule has 4 rings (SSSR count). The molecule has 0 bridgehead atoms. The third-order valence-corrected chi connectivity index (χ3v) is 4.27. The number of amides is 2. The van der Waals surface area contributed by atoms with Gasteiger partial charge in [-0.1, -0.05) is 12.1 Å². The average molecular weight is 449 g/mol. The summed E-state index contributed by atoms with van der Waals surface area (Å²) in [6.07, 6.45) is 3.95. The molecule has 4 aromatic rings. The summed E-state index contributed by atoms with van der Waals surface area (Å²) in [6.45, 7) is -1.40. The van der Waals surface area contributed by atoms with Gasteiger partial charge >= 0.3 is 12.2 Å². The van der Waals surface area contributed by atoms with E-state index in [0.717, 1.165) is 22.4 Å². The van der Waals surface area contributed by atoms with E-state index in [-0.39, 0.29) is 12.4 Å². The highest BCUT2D eigenvalue weighted by Crippen LogP contribution is 2.26. The Morgan fingerprint density at radius 2 is 1.77 bits per heavy atom. The topological polar surface area (TPSA) is 84.2 Å². The Bertz CT molecular complexity index is 1200. The molecule has 160 valence electrons. The van der Waals surface area contributed by atoms with Gasteiger partial charge in [0.1, 0.15) is 18.5 Å². The van der Waals surface area contributed by atoms with E-state index in [1.165, 1.54) is 6.33 Å². The third-order valence-electron chi connectivity index (χ3n) is 4.27. The SMILES string of the molecule is Cl.O=C(NCC(F)(F)F)Nc1cccc(-c2cnc3cc(-c4cncnc4)ccn23)c1. The van der Waals surface area contributed by atoms with Crippen LogP contribution in [0.3, 0.4) is 0 Å².